The molecule has 0 fully saturated rings. The summed E-state index contributed by atoms with van der Waals surface area (Å²) in [4.78, 5) is 15.2. The number of carbonyl (C=O) groups is 1. The monoisotopic (exact) mass is 279 g/mol. The Morgan fingerprint density at radius 3 is 2.68 bits per heavy atom. The molecule has 1 heterocycles. The van der Waals surface area contributed by atoms with Crippen molar-refractivity contribution in [3.05, 3.63) is 23.6 Å². The standard InChI is InChI=1S/C11H13F4N3O/c1-2-3-16-9-8(4-7(12)5-17-9)10(19)18-6-11(13,14)15/h4-5H,2-3,6H2,1H3,(H,16,17)(H,18,19). The highest BCUT2D eigenvalue weighted by Crippen LogP contribution is 2.16. The molecule has 0 atom stereocenters. The molecule has 19 heavy (non-hydrogen) atoms. The molecule has 0 spiro atoms. The summed E-state index contributed by atoms with van der Waals surface area (Å²) in [7, 11) is 0. The zero-order valence-electron chi connectivity index (χ0n) is 10.1. The summed E-state index contributed by atoms with van der Waals surface area (Å²) < 4.78 is 49.0. The smallest absolute Gasteiger partial charge is 0.369 e. The van der Waals surface area contributed by atoms with Gasteiger partial charge in [-0.25, -0.2) is 9.37 Å². The van der Waals surface area contributed by atoms with Gasteiger partial charge in [-0.1, -0.05) is 6.92 Å². The molecule has 4 nitrogen and oxygen atoms in total. The lowest BCUT2D eigenvalue weighted by Crippen LogP contribution is -2.34. The van der Waals surface area contributed by atoms with Crippen molar-refractivity contribution in [1.82, 2.24) is 10.3 Å². The third-order valence-corrected chi connectivity index (χ3v) is 2.09. The van der Waals surface area contributed by atoms with Crippen molar-refractivity contribution < 1.29 is 22.4 Å². The van der Waals surface area contributed by atoms with Gasteiger partial charge in [-0.2, -0.15) is 13.2 Å². The van der Waals surface area contributed by atoms with Crippen LogP contribution in [0, 0.1) is 5.82 Å². The number of hydrogen-bond acceptors (Lipinski definition) is 3. The second kappa shape index (κ2) is 6.35. The molecule has 0 aliphatic carbocycles. The first-order chi connectivity index (χ1) is 8.83. The molecular weight excluding hydrogens is 266 g/mol. The molecule has 1 amide bonds. The first kappa shape index (κ1) is 15.2. The number of alkyl halides is 3. The van der Waals surface area contributed by atoms with Crippen LogP contribution in [0.1, 0.15) is 23.7 Å². The molecular formula is C11H13F4N3O. The lowest BCUT2D eigenvalue weighted by molar-refractivity contribution is -0.123. The Balaban J connectivity index is 2.84. The molecule has 0 saturated carbocycles. The van der Waals surface area contributed by atoms with Crippen LogP contribution in [0.15, 0.2) is 12.3 Å². The number of carbonyl (C=O) groups excluding carboxylic acids is 1. The molecule has 2 N–H and O–H groups in total. The van der Waals surface area contributed by atoms with Crippen LogP contribution in [0.3, 0.4) is 0 Å². The maximum absolute atomic E-state index is 13.0. The molecule has 0 aliphatic heterocycles. The number of hydrogen-bond donors (Lipinski definition) is 2. The molecule has 0 unspecified atom stereocenters. The van der Waals surface area contributed by atoms with Gasteiger partial charge in [0.1, 0.15) is 18.2 Å². The zero-order valence-corrected chi connectivity index (χ0v) is 10.1. The van der Waals surface area contributed by atoms with E-state index in [4.69, 9.17) is 0 Å². The molecule has 0 aliphatic rings. The number of nitrogens with zero attached hydrogens (tertiary/aromatic N) is 1. The minimum Gasteiger partial charge on any atom is -0.369 e. The Labute approximate surface area is 107 Å². The van der Waals surface area contributed by atoms with E-state index in [0.717, 1.165) is 18.7 Å². The third-order valence-electron chi connectivity index (χ3n) is 2.09. The summed E-state index contributed by atoms with van der Waals surface area (Å²) >= 11 is 0. The van der Waals surface area contributed by atoms with Gasteiger partial charge in [0.25, 0.3) is 5.91 Å². The predicted molar refractivity (Wildman–Crippen MR) is 61.4 cm³/mol. The van der Waals surface area contributed by atoms with Crippen molar-refractivity contribution >= 4 is 11.7 Å². The van der Waals surface area contributed by atoms with Crippen molar-refractivity contribution in [2.45, 2.75) is 19.5 Å². The van der Waals surface area contributed by atoms with E-state index in [1.165, 1.54) is 0 Å². The molecule has 1 aromatic heterocycles. The van der Waals surface area contributed by atoms with Gasteiger partial charge in [0.2, 0.25) is 0 Å². The predicted octanol–water partition coefficient (Wildman–Crippen LogP) is 2.33. The Bertz CT molecular complexity index is 448. The topological polar surface area (TPSA) is 54.0 Å². The summed E-state index contributed by atoms with van der Waals surface area (Å²) in [6, 6.07) is 0.844. The van der Waals surface area contributed by atoms with Gasteiger partial charge in [-0.15, -0.1) is 0 Å². The highest BCUT2D eigenvalue weighted by Gasteiger charge is 2.28. The number of rotatable bonds is 5. The van der Waals surface area contributed by atoms with E-state index in [-0.39, 0.29) is 11.4 Å². The third kappa shape index (κ3) is 5.11. The van der Waals surface area contributed by atoms with Crippen LogP contribution in [0.25, 0.3) is 0 Å². The van der Waals surface area contributed by atoms with Crippen molar-refractivity contribution in [1.29, 1.82) is 0 Å². The zero-order chi connectivity index (χ0) is 14.5. The molecule has 0 bridgehead atoms. The average Bonchev–Trinajstić information content (AvgIpc) is 2.33. The Kier molecular flexibility index (Phi) is 5.08. The lowest BCUT2D eigenvalue weighted by atomic mass is 10.2. The lowest BCUT2D eigenvalue weighted by Gasteiger charge is -2.12. The number of amides is 1. The largest absolute Gasteiger partial charge is 0.405 e. The fourth-order valence-electron chi connectivity index (χ4n) is 1.27. The van der Waals surface area contributed by atoms with E-state index in [2.05, 4.69) is 10.3 Å². The summed E-state index contributed by atoms with van der Waals surface area (Å²) in [6.07, 6.45) is -2.91. The maximum atomic E-state index is 13.0. The van der Waals surface area contributed by atoms with Crippen molar-refractivity contribution in [3.63, 3.8) is 0 Å². The number of nitrogens with one attached hydrogen (secondary N) is 2. The fourth-order valence-corrected chi connectivity index (χ4v) is 1.27. The van der Waals surface area contributed by atoms with Gasteiger partial charge in [0.05, 0.1) is 11.8 Å². The Morgan fingerprint density at radius 2 is 2.11 bits per heavy atom. The average molecular weight is 279 g/mol. The minimum atomic E-state index is -4.52. The summed E-state index contributed by atoms with van der Waals surface area (Å²) in [5.74, 6) is -1.76. The van der Waals surface area contributed by atoms with Crippen LogP contribution >= 0.6 is 0 Å². The molecule has 0 aromatic carbocycles. The van der Waals surface area contributed by atoms with Gasteiger partial charge in [-0.05, 0) is 12.5 Å². The second-order valence-corrected chi connectivity index (χ2v) is 3.77. The van der Waals surface area contributed by atoms with Crippen LogP contribution in [0.4, 0.5) is 23.4 Å². The van der Waals surface area contributed by atoms with Crippen LogP contribution in [0.5, 0.6) is 0 Å². The minimum absolute atomic E-state index is 0.0583. The van der Waals surface area contributed by atoms with Crippen LogP contribution in [-0.4, -0.2) is 30.2 Å². The highest BCUT2D eigenvalue weighted by molar-refractivity contribution is 5.98. The summed E-state index contributed by atoms with van der Waals surface area (Å²) in [5, 5.41) is 4.42. The number of aromatic nitrogens is 1. The first-order valence-corrected chi connectivity index (χ1v) is 5.58. The first-order valence-electron chi connectivity index (χ1n) is 5.58. The molecule has 0 radical (unpaired) electrons. The van der Waals surface area contributed by atoms with E-state index in [1.54, 1.807) is 5.32 Å². The van der Waals surface area contributed by atoms with Crippen molar-refractivity contribution in [3.8, 4) is 0 Å². The molecule has 106 valence electrons. The number of halogens is 4. The quantitative estimate of drug-likeness (QED) is 0.813. The van der Waals surface area contributed by atoms with E-state index in [9.17, 15) is 22.4 Å². The van der Waals surface area contributed by atoms with E-state index < -0.39 is 24.4 Å². The normalized spacial score (nSPS) is 11.2. The Morgan fingerprint density at radius 1 is 1.42 bits per heavy atom. The SMILES string of the molecule is CCCNc1ncc(F)cc1C(=O)NCC(F)(F)F. The molecule has 1 rings (SSSR count). The second-order valence-electron chi connectivity index (χ2n) is 3.77. The van der Waals surface area contributed by atoms with Crippen molar-refractivity contribution in [2.75, 3.05) is 18.4 Å². The highest BCUT2D eigenvalue weighted by atomic mass is 19.4. The Hall–Kier alpha value is -1.86. The fraction of sp³-hybridized carbons (Fsp3) is 0.455. The van der Waals surface area contributed by atoms with Gasteiger partial charge >= 0.3 is 6.18 Å². The molecule has 8 heteroatoms. The summed E-state index contributed by atoms with van der Waals surface area (Å²) in [5.41, 5.74) is -0.252. The van der Waals surface area contributed by atoms with Crippen LogP contribution in [0.2, 0.25) is 0 Å². The van der Waals surface area contributed by atoms with E-state index in [1.807, 2.05) is 6.92 Å². The van der Waals surface area contributed by atoms with Crippen LogP contribution < -0.4 is 10.6 Å². The molecule has 1 aromatic rings. The van der Waals surface area contributed by atoms with Crippen molar-refractivity contribution in [2.24, 2.45) is 0 Å². The number of pyridine rings is 1. The number of anilines is 1. The summed E-state index contributed by atoms with van der Waals surface area (Å²) in [6.45, 7) is 0.855. The van der Waals surface area contributed by atoms with E-state index in [0.29, 0.717) is 6.54 Å². The molecule has 0 saturated heterocycles. The van der Waals surface area contributed by atoms with Gasteiger partial charge in [0.15, 0.2) is 0 Å². The van der Waals surface area contributed by atoms with Gasteiger partial charge in [-0.3, -0.25) is 4.79 Å². The maximum Gasteiger partial charge on any atom is 0.405 e. The van der Waals surface area contributed by atoms with Gasteiger partial charge in [0, 0.05) is 6.54 Å². The van der Waals surface area contributed by atoms with E-state index >= 15 is 0 Å². The van der Waals surface area contributed by atoms with Gasteiger partial charge < -0.3 is 10.6 Å². The van der Waals surface area contributed by atoms with Crippen LogP contribution in [-0.2, 0) is 0 Å².